The van der Waals surface area contributed by atoms with Gasteiger partial charge in [-0.15, -0.1) is 0 Å². The lowest BCUT2D eigenvalue weighted by molar-refractivity contribution is 0.912. The highest BCUT2D eigenvalue weighted by molar-refractivity contribution is 7.98. The number of rotatable bonds is 4. The van der Waals surface area contributed by atoms with Gasteiger partial charge in [-0.05, 0) is 31.3 Å². The van der Waals surface area contributed by atoms with Crippen molar-refractivity contribution in [2.45, 2.75) is 19.8 Å². The van der Waals surface area contributed by atoms with Gasteiger partial charge in [0.1, 0.15) is 0 Å². The molecule has 0 saturated carbocycles. The topological polar surface area (TPSA) is 0 Å². The molecular weight excluding hydrogens is 104 g/mol. The molecule has 1 radical (unpaired) electrons. The van der Waals surface area contributed by atoms with Crippen LogP contribution in [0.25, 0.3) is 0 Å². The van der Waals surface area contributed by atoms with Gasteiger partial charge in [0.25, 0.3) is 0 Å². The number of hydrogen-bond acceptors (Lipinski definition) is 1. The highest BCUT2D eigenvalue weighted by Crippen LogP contribution is 1.99. The minimum absolute atomic E-state index is 1.28. The average Bonchev–Trinajstić information content (AvgIpc) is 1.69. The Hall–Kier alpha value is 0.350. The summed E-state index contributed by atoms with van der Waals surface area (Å²) in [6.07, 6.45) is 6.99. The molecule has 43 valence electrons. The Morgan fingerprint density at radius 1 is 1.57 bits per heavy atom. The minimum Gasteiger partial charge on any atom is -0.165 e. The Morgan fingerprint density at radius 3 is 2.71 bits per heavy atom. The maximum Gasteiger partial charge on any atom is -0.00702 e. The second-order valence-electron chi connectivity index (χ2n) is 1.54. The van der Waals surface area contributed by atoms with E-state index in [0.29, 0.717) is 0 Å². The number of hydrogen-bond donors (Lipinski definition) is 0. The lowest BCUT2D eigenvalue weighted by Gasteiger charge is -1.90. The Labute approximate surface area is 50.7 Å². The van der Waals surface area contributed by atoms with E-state index >= 15 is 0 Å². The smallest absolute Gasteiger partial charge is 0.00702 e. The Kier molecular flexibility index (Phi) is 6.67. The van der Waals surface area contributed by atoms with Crippen molar-refractivity contribution in [3.63, 3.8) is 0 Å². The number of thioether (sulfide) groups is 1. The first-order chi connectivity index (χ1) is 3.41. The Bertz CT molecular complexity index is 23.4. The van der Waals surface area contributed by atoms with E-state index in [-0.39, 0.29) is 0 Å². The molecule has 0 aliphatic rings. The first kappa shape index (κ1) is 7.35. The first-order valence-corrected chi connectivity index (χ1v) is 4.08. The van der Waals surface area contributed by atoms with Crippen molar-refractivity contribution in [3.8, 4) is 0 Å². The summed E-state index contributed by atoms with van der Waals surface area (Å²) in [6.45, 7) is 2.11. The zero-order valence-corrected chi connectivity index (χ0v) is 5.92. The minimum atomic E-state index is 1.28. The summed E-state index contributed by atoms with van der Waals surface area (Å²) in [5.74, 6) is 1.31. The molecule has 0 aromatic carbocycles. The predicted octanol–water partition coefficient (Wildman–Crippen LogP) is 2.35. The molecule has 1 heteroatoms. The van der Waals surface area contributed by atoms with E-state index in [4.69, 9.17) is 0 Å². The fourth-order valence-electron chi connectivity index (χ4n) is 0.432. The van der Waals surface area contributed by atoms with E-state index in [9.17, 15) is 0 Å². The third-order valence-electron chi connectivity index (χ3n) is 0.841. The normalized spacial score (nSPS) is 9.43. The highest BCUT2D eigenvalue weighted by atomic mass is 32.2. The van der Waals surface area contributed by atoms with E-state index < -0.39 is 0 Å². The van der Waals surface area contributed by atoms with Gasteiger partial charge in [0.2, 0.25) is 0 Å². The van der Waals surface area contributed by atoms with Crippen LogP contribution in [-0.2, 0) is 0 Å². The SMILES string of the molecule is C[CH]CCCSC. The maximum absolute atomic E-state index is 2.22. The van der Waals surface area contributed by atoms with Crippen LogP contribution in [0.2, 0.25) is 0 Å². The van der Waals surface area contributed by atoms with Crippen molar-refractivity contribution < 1.29 is 0 Å². The van der Waals surface area contributed by atoms with Crippen LogP contribution in [0.15, 0.2) is 0 Å². The predicted molar refractivity (Wildman–Crippen MR) is 37.6 cm³/mol. The quantitative estimate of drug-likeness (QED) is 0.509. The molecule has 0 nitrogen and oxygen atoms in total. The summed E-state index contributed by atoms with van der Waals surface area (Å²) >= 11 is 1.92. The van der Waals surface area contributed by atoms with Crippen LogP contribution in [0.5, 0.6) is 0 Å². The Balaban J connectivity index is 2.45. The Morgan fingerprint density at radius 2 is 2.29 bits per heavy atom. The average molecular weight is 117 g/mol. The van der Waals surface area contributed by atoms with Crippen molar-refractivity contribution in [2.24, 2.45) is 0 Å². The monoisotopic (exact) mass is 117 g/mol. The first-order valence-electron chi connectivity index (χ1n) is 2.68. The van der Waals surface area contributed by atoms with Crippen LogP contribution in [0.1, 0.15) is 19.8 Å². The second kappa shape index (κ2) is 6.35. The second-order valence-corrected chi connectivity index (χ2v) is 2.53. The van der Waals surface area contributed by atoms with Crippen molar-refractivity contribution in [1.29, 1.82) is 0 Å². The zero-order chi connectivity index (χ0) is 5.54. The highest BCUT2D eigenvalue weighted by Gasteiger charge is 1.80. The van der Waals surface area contributed by atoms with Gasteiger partial charge in [-0.3, -0.25) is 0 Å². The fourth-order valence-corrected chi connectivity index (χ4v) is 0.887. The zero-order valence-electron chi connectivity index (χ0n) is 5.11. The fraction of sp³-hybridized carbons (Fsp3) is 0.833. The van der Waals surface area contributed by atoms with Crippen LogP contribution in [0.3, 0.4) is 0 Å². The van der Waals surface area contributed by atoms with Gasteiger partial charge in [-0.1, -0.05) is 6.92 Å². The molecule has 0 N–H and O–H groups in total. The van der Waals surface area contributed by atoms with Crippen LogP contribution >= 0.6 is 11.8 Å². The molecule has 0 spiro atoms. The van der Waals surface area contributed by atoms with Gasteiger partial charge < -0.3 is 0 Å². The van der Waals surface area contributed by atoms with E-state index in [2.05, 4.69) is 19.6 Å². The van der Waals surface area contributed by atoms with Gasteiger partial charge in [0.05, 0.1) is 0 Å². The van der Waals surface area contributed by atoms with Gasteiger partial charge >= 0.3 is 0 Å². The largest absolute Gasteiger partial charge is 0.165 e. The van der Waals surface area contributed by atoms with Crippen LogP contribution in [0, 0.1) is 6.42 Å². The lowest BCUT2D eigenvalue weighted by Crippen LogP contribution is -1.75. The van der Waals surface area contributed by atoms with E-state index in [1.54, 1.807) is 0 Å². The molecule has 0 unspecified atom stereocenters. The molecule has 0 saturated heterocycles. The molecule has 0 bridgehead atoms. The standard InChI is InChI=1S/C6H13S/c1-3-4-5-6-7-2/h3H,4-6H2,1-2H3. The summed E-state index contributed by atoms with van der Waals surface area (Å²) in [7, 11) is 0. The van der Waals surface area contributed by atoms with Crippen LogP contribution in [-0.4, -0.2) is 12.0 Å². The van der Waals surface area contributed by atoms with Crippen LogP contribution < -0.4 is 0 Å². The molecule has 0 aliphatic heterocycles. The maximum atomic E-state index is 2.22. The van der Waals surface area contributed by atoms with Crippen molar-refractivity contribution in [3.05, 3.63) is 6.42 Å². The van der Waals surface area contributed by atoms with Gasteiger partial charge in [-0.2, -0.15) is 11.8 Å². The van der Waals surface area contributed by atoms with Crippen molar-refractivity contribution in [1.82, 2.24) is 0 Å². The summed E-state index contributed by atoms with van der Waals surface area (Å²) < 4.78 is 0. The number of unbranched alkanes of at least 4 members (excludes halogenated alkanes) is 2. The summed E-state index contributed by atoms with van der Waals surface area (Å²) in [5.41, 5.74) is 0. The van der Waals surface area contributed by atoms with Gasteiger partial charge in [0.15, 0.2) is 0 Å². The third kappa shape index (κ3) is 6.35. The van der Waals surface area contributed by atoms with E-state index in [1.807, 2.05) is 11.8 Å². The molecule has 0 aromatic rings. The van der Waals surface area contributed by atoms with E-state index in [1.165, 1.54) is 18.6 Å². The van der Waals surface area contributed by atoms with E-state index in [0.717, 1.165) is 0 Å². The molecule has 0 rings (SSSR count). The molecule has 0 fully saturated rings. The lowest BCUT2D eigenvalue weighted by atomic mass is 10.3. The summed E-state index contributed by atoms with van der Waals surface area (Å²) in [6, 6.07) is 0. The molecule has 0 aromatic heterocycles. The summed E-state index contributed by atoms with van der Waals surface area (Å²) in [4.78, 5) is 0. The molecule has 0 atom stereocenters. The molecule has 0 amide bonds. The molecule has 7 heavy (non-hydrogen) atoms. The van der Waals surface area contributed by atoms with Gasteiger partial charge in [-0.25, -0.2) is 0 Å². The molecule has 0 aliphatic carbocycles. The van der Waals surface area contributed by atoms with Crippen LogP contribution in [0.4, 0.5) is 0 Å². The third-order valence-corrected chi connectivity index (χ3v) is 1.54. The van der Waals surface area contributed by atoms with Crippen molar-refractivity contribution in [2.75, 3.05) is 12.0 Å². The summed E-state index contributed by atoms with van der Waals surface area (Å²) in [5, 5.41) is 0. The van der Waals surface area contributed by atoms with Gasteiger partial charge in [0, 0.05) is 0 Å². The molecule has 0 heterocycles. The molecular formula is C6H13S. The van der Waals surface area contributed by atoms with Crippen molar-refractivity contribution >= 4 is 11.8 Å².